The first-order chi connectivity index (χ1) is 13.2. The van der Waals surface area contributed by atoms with Crippen molar-refractivity contribution in [3.8, 4) is 0 Å². The Hall–Kier alpha value is -2.66. The van der Waals surface area contributed by atoms with Crippen molar-refractivity contribution in [1.82, 2.24) is 19.6 Å². The molecule has 0 radical (unpaired) electrons. The van der Waals surface area contributed by atoms with Crippen molar-refractivity contribution in [2.75, 3.05) is 13.1 Å². The molecule has 1 aliphatic heterocycles. The third-order valence-corrected chi connectivity index (χ3v) is 5.30. The number of imidazole rings is 1. The summed E-state index contributed by atoms with van der Waals surface area (Å²) >= 11 is 0. The summed E-state index contributed by atoms with van der Waals surface area (Å²) in [7, 11) is 0. The van der Waals surface area contributed by atoms with E-state index in [1.54, 1.807) is 0 Å². The second-order valence-corrected chi connectivity index (χ2v) is 7.33. The van der Waals surface area contributed by atoms with Crippen molar-refractivity contribution in [3.05, 3.63) is 71.8 Å². The van der Waals surface area contributed by atoms with Crippen molar-refractivity contribution in [2.24, 2.45) is 0 Å². The van der Waals surface area contributed by atoms with Crippen molar-refractivity contribution < 1.29 is 4.79 Å². The van der Waals surface area contributed by atoms with Gasteiger partial charge in [-0.1, -0.05) is 35.9 Å². The van der Waals surface area contributed by atoms with E-state index in [0.717, 1.165) is 43.7 Å². The molecule has 3 heterocycles. The number of hydrogen-bond donors (Lipinski definition) is 1. The van der Waals surface area contributed by atoms with Gasteiger partial charge >= 0.3 is 0 Å². The lowest BCUT2D eigenvalue weighted by molar-refractivity contribution is -0.125. The second kappa shape index (κ2) is 7.92. The summed E-state index contributed by atoms with van der Waals surface area (Å²) in [5.41, 5.74) is 3.62. The molecule has 4 rings (SSSR count). The van der Waals surface area contributed by atoms with Crippen LogP contribution in [0.2, 0.25) is 0 Å². The molecule has 2 aromatic heterocycles. The quantitative estimate of drug-likeness (QED) is 0.733. The summed E-state index contributed by atoms with van der Waals surface area (Å²) in [6.07, 6.45) is 6.63. The lowest BCUT2D eigenvalue weighted by Crippen LogP contribution is -2.43. The molecule has 0 spiro atoms. The standard InChI is InChI=1S/C22H26N4O/c1-17-6-4-7-18(14-17)16-25-12-5-9-20(25)22(27)23-11-10-21-24-15-19-8-2-3-13-26(19)21/h2-4,6-8,13-15,20H,5,9-12,16H2,1H3,(H,23,27). The third kappa shape index (κ3) is 4.03. The maximum Gasteiger partial charge on any atom is 0.237 e. The Morgan fingerprint density at radius 2 is 2.19 bits per heavy atom. The number of amides is 1. The molecule has 5 nitrogen and oxygen atoms in total. The van der Waals surface area contributed by atoms with E-state index in [-0.39, 0.29) is 11.9 Å². The minimum atomic E-state index is -0.0254. The molecule has 1 atom stereocenters. The summed E-state index contributed by atoms with van der Waals surface area (Å²) in [4.78, 5) is 19.5. The first-order valence-electron chi connectivity index (χ1n) is 9.69. The average molecular weight is 362 g/mol. The number of fused-ring (bicyclic) bond motifs is 1. The van der Waals surface area contributed by atoms with Gasteiger partial charge in [0.2, 0.25) is 5.91 Å². The fraction of sp³-hybridized carbons (Fsp3) is 0.364. The highest BCUT2D eigenvalue weighted by Crippen LogP contribution is 2.20. The van der Waals surface area contributed by atoms with Crippen LogP contribution in [0, 0.1) is 6.92 Å². The third-order valence-electron chi connectivity index (χ3n) is 5.30. The van der Waals surface area contributed by atoms with E-state index in [9.17, 15) is 4.79 Å². The molecule has 0 bridgehead atoms. The molecule has 1 aliphatic rings. The summed E-state index contributed by atoms with van der Waals surface area (Å²) in [6.45, 7) is 4.54. The van der Waals surface area contributed by atoms with Crippen LogP contribution in [-0.4, -0.2) is 39.3 Å². The number of aromatic nitrogens is 2. The number of hydrogen-bond acceptors (Lipinski definition) is 3. The SMILES string of the molecule is Cc1cccc(CN2CCCC2C(=O)NCCc2ncc3ccccn23)c1. The van der Waals surface area contributed by atoms with Crippen LogP contribution in [0.1, 0.15) is 29.8 Å². The molecule has 140 valence electrons. The van der Waals surface area contributed by atoms with E-state index >= 15 is 0 Å². The van der Waals surface area contributed by atoms with Crippen LogP contribution in [-0.2, 0) is 17.8 Å². The maximum atomic E-state index is 12.7. The molecule has 1 aromatic carbocycles. The van der Waals surface area contributed by atoms with Crippen LogP contribution in [0.4, 0.5) is 0 Å². The van der Waals surface area contributed by atoms with E-state index in [1.165, 1.54) is 11.1 Å². The molecular formula is C22H26N4O. The number of nitrogens with zero attached hydrogens (tertiary/aromatic N) is 3. The van der Waals surface area contributed by atoms with Crippen LogP contribution in [0.25, 0.3) is 5.52 Å². The molecule has 27 heavy (non-hydrogen) atoms. The van der Waals surface area contributed by atoms with Gasteiger partial charge in [-0.2, -0.15) is 0 Å². The molecule has 0 saturated carbocycles. The van der Waals surface area contributed by atoms with E-state index in [0.29, 0.717) is 6.54 Å². The number of carbonyl (C=O) groups excluding carboxylic acids is 1. The fourth-order valence-corrected chi connectivity index (χ4v) is 3.96. The zero-order valence-electron chi connectivity index (χ0n) is 15.8. The van der Waals surface area contributed by atoms with Gasteiger partial charge in [0.25, 0.3) is 0 Å². The number of carbonyl (C=O) groups is 1. The number of nitrogens with one attached hydrogen (secondary N) is 1. The smallest absolute Gasteiger partial charge is 0.237 e. The molecule has 3 aromatic rings. The Balaban J connectivity index is 1.33. The Kier molecular flexibility index (Phi) is 5.21. The topological polar surface area (TPSA) is 49.6 Å². The number of aryl methyl sites for hydroxylation is 1. The summed E-state index contributed by atoms with van der Waals surface area (Å²) in [5.74, 6) is 1.12. The van der Waals surface area contributed by atoms with Gasteiger partial charge in [-0.15, -0.1) is 0 Å². The summed E-state index contributed by atoms with van der Waals surface area (Å²) < 4.78 is 2.08. The molecule has 0 aliphatic carbocycles. The van der Waals surface area contributed by atoms with Gasteiger partial charge in [0.15, 0.2) is 0 Å². The molecule has 1 unspecified atom stereocenters. The Labute approximate surface area is 160 Å². The number of likely N-dealkylation sites (tertiary alicyclic amines) is 1. The zero-order chi connectivity index (χ0) is 18.6. The van der Waals surface area contributed by atoms with Crippen molar-refractivity contribution >= 4 is 11.4 Å². The highest BCUT2D eigenvalue weighted by atomic mass is 16.2. The minimum absolute atomic E-state index is 0.0254. The van der Waals surface area contributed by atoms with Gasteiger partial charge in [0.05, 0.1) is 17.8 Å². The Bertz CT molecular complexity index is 933. The number of rotatable bonds is 6. The zero-order valence-corrected chi connectivity index (χ0v) is 15.8. The number of pyridine rings is 1. The van der Waals surface area contributed by atoms with Crippen LogP contribution in [0.3, 0.4) is 0 Å². The molecule has 1 fully saturated rings. The normalized spacial score (nSPS) is 17.4. The first-order valence-corrected chi connectivity index (χ1v) is 9.69. The van der Waals surface area contributed by atoms with Crippen molar-refractivity contribution in [2.45, 2.75) is 38.8 Å². The summed E-state index contributed by atoms with van der Waals surface area (Å²) in [5, 5.41) is 3.12. The van der Waals surface area contributed by atoms with Crippen LogP contribution >= 0.6 is 0 Å². The van der Waals surface area contributed by atoms with Gasteiger partial charge in [0, 0.05) is 25.7 Å². The summed E-state index contributed by atoms with van der Waals surface area (Å²) in [6, 6.07) is 14.6. The lowest BCUT2D eigenvalue weighted by atomic mass is 10.1. The van der Waals surface area contributed by atoms with E-state index in [2.05, 4.69) is 50.8 Å². The van der Waals surface area contributed by atoms with Crippen LogP contribution in [0.5, 0.6) is 0 Å². The molecule has 1 amide bonds. The monoisotopic (exact) mass is 362 g/mol. The molecular weight excluding hydrogens is 336 g/mol. The lowest BCUT2D eigenvalue weighted by Gasteiger charge is -2.24. The van der Waals surface area contributed by atoms with Gasteiger partial charge in [-0.3, -0.25) is 9.69 Å². The molecule has 5 heteroatoms. The second-order valence-electron chi connectivity index (χ2n) is 7.33. The first kappa shape index (κ1) is 17.7. The highest BCUT2D eigenvalue weighted by molar-refractivity contribution is 5.82. The maximum absolute atomic E-state index is 12.7. The van der Waals surface area contributed by atoms with E-state index in [1.807, 2.05) is 30.6 Å². The van der Waals surface area contributed by atoms with Gasteiger partial charge in [0.1, 0.15) is 5.82 Å². The van der Waals surface area contributed by atoms with Crippen LogP contribution in [0.15, 0.2) is 54.9 Å². The number of benzene rings is 1. The van der Waals surface area contributed by atoms with Gasteiger partial charge in [-0.25, -0.2) is 4.98 Å². The molecule has 1 N–H and O–H groups in total. The van der Waals surface area contributed by atoms with Crippen molar-refractivity contribution in [1.29, 1.82) is 0 Å². The van der Waals surface area contributed by atoms with Crippen molar-refractivity contribution in [3.63, 3.8) is 0 Å². The van der Waals surface area contributed by atoms with E-state index in [4.69, 9.17) is 0 Å². The largest absolute Gasteiger partial charge is 0.354 e. The molecule has 1 saturated heterocycles. The van der Waals surface area contributed by atoms with E-state index < -0.39 is 0 Å². The predicted octanol–water partition coefficient (Wildman–Crippen LogP) is 2.97. The Morgan fingerprint density at radius 1 is 1.26 bits per heavy atom. The Morgan fingerprint density at radius 3 is 3.07 bits per heavy atom. The fourth-order valence-electron chi connectivity index (χ4n) is 3.96. The van der Waals surface area contributed by atoms with Gasteiger partial charge < -0.3 is 9.72 Å². The van der Waals surface area contributed by atoms with Crippen LogP contribution < -0.4 is 5.32 Å². The van der Waals surface area contributed by atoms with Gasteiger partial charge in [-0.05, 0) is 44.0 Å². The predicted molar refractivity (Wildman–Crippen MR) is 107 cm³/mol. The average Bonchev–Trinajstić information content (AvgIpc) is 3.29. The minimum Gasteiger partial charge on any atom is -0.354 e. The highest BCUT2D eigenvalue weighted by Gasteiger charge is 2.30.